The molecule has 6 nitrogen and oxygen atoms in total. The minimum atomic E-state index is -0.503. The molecule has 0 fully saturated rings. The van der Waals surface area contributed by atoms with Crippen LogP contribution in [0, 0.1) is 10.1 Å². The van der Waals surface area contributed by atoms with Crippen LogP contribution in [-0.4, -0.2) is 9.91 Å². The molecule has 0 saturated heterocycles. The number of hydrogen-bond donors (Lipinski definition) is 2. The average Bonchev–Trinajstić information content (AvgIpc) is 2.58. The number of halogens is 1. The van der Waals surface area contributed by atoms with Crippen LogP contribution >= 0.6 is 11.6 Å². The van der Waals surface area contributed by atoms with Crippen LogP contribution in [0.1, 0.15) is 11.1 Å². The van der Waals surface area contributed by atoms with Gasteiger partial charge in [0.05, 0.1) is 10.3 Å². The first-order chi connectivity index (χ1) is 11.6. The first-order valence-corrected chi connectivity index (χ1v) is 7.67. The summed E-state index contributed by atoms with van der Waals surface area (Å²) in [5.74, 6) is 0. The molecular formula is C17H14ClN3O3. The van der Waals surface area contributed by atoms with E-state index in [0.717, 1.165) is 5.56 Å². The van der Waals surface area contributed by atoms with Crippen molar-refractivity contribution in [3.05, 3.63) is 85.1 Å². The molecule has 0 radical (unpaired) electrons. The molecular weight excluding hydrogens is 330 g/mol. The van der Waals surface area contributed by atoms with Gasteiger partial charge in [-0.1, -0.05) is 29.8 Å². The van der Waals surface area contributed by atoms with E-state index < -0.39 is 4.92 Å². The van der Waals surface area contributed by atoms with Crippen LogP contribution in [0.5, 0.6) is 0 Å². The molecule has 7 heteroatoms. The van der Waals surface area contributed by atoms with Crippen LogP contribution in [0.4, 0.5) is 5.69 Å². The van der Waals surface area contributed by atoms with E-state index in [-0.39, 0.29) is 16.6 Å². The molecule has 3 aromatic rings. The second-order valence-corrected chi connectivity index (χ2v) is 5.77. The summed E-state index contributed by atoms with van der Waals surface area (Å²) >= 11 is 5.84. The predicted octanol–water partition coefficient (Wildman–Crippen LogP) is 3.38. The number of nitrogens with one attached hydrogen (secondary N) is 2. The lowest BCUT2D eigenvalue weighted by Gasteiger charge is -2.06. The topological polar surface area (TPSA) is 88.0 Å². The number of rotatable bonds is 5. The molecule has 0 aliphatic heterocycles. The fourth-order valence-electron chi connectivity index (χ4n) is 2.51. The number of para-hydroxylation sites is 1. The molecule has 0 amide bonds. The number of pyridine rings is 1. The van der Waals surface area contributed by atoms with E-state index in [2.05, 4.69) is 10.3 Å². The van der Waals surface area contributed by atoms with E-state index in [1.54, 1.807) is 18.2 Å². The number of fused-ring (bicyclic) bond motifs is 1. The van der Waals surface area contributed by atoms with Crippen LogP contribution in [-0.2, 0) is 13.1 Å². The Bertz CT molecular complexity index is 951. The van der Waals surface area contributed by atoms with E-state index in [9.17, 15) is 14.9 Å². The molecule has 2 aromatic carbocycles. The van der Waals surface area contributed by atoms with Crippen molar-refractivity contribution in [3.63, 3.8) is 0 Å². The van der Waals surface area contributed by atoms with E-state index >= 15 is 0 Å². The van der Waals surface area contributed by atoms with Crippen molar-refractivity contribution in [1.82, 2.24) is 10.3 Å². The standard InChI is InChI=1S/C17H14ClN3O3/c18-13-6-4-11(5-7-13)8-19-9-12-10-20-16-14(17(12)22)2-1-3-15(16)21(23)24/h1-7,10,19H,8-9H2,(H,20,22). The number of non-ortho nitro benzene ring substituents is 1. The minimum absolute atomic E-state index is 0.106. The second kappa shape index (κ2) is 6.82. The number of hydrogen-bond acceptors (Lipinski definition) is 4. The summed E-state index contributed by atoms with van der Waals surface area (Å²) in [5.41, 5.74) is 1.50. The third-order valence-electron chi connectivity index (χ3n) is 3.72. The van der Waals surface area contributed by atoms with Gasteiger partial charge in [-0.2, -0.15) is 0 Å². The van der Waals surface area contributed by atoms with Crippen LogP contribution in [0.2, 0.25) is 5.02 Å². The van der Waals surface area contributed by atoms with Crippen LogP contribution in [0.3, 0.4) is 0 Å². The summed E-state index contributed by atoms with van der Waals surface area (Å²) in [6.07, 6.45) is 1.52. The van der Waals surface area contributed by atoms with Gasteiger partial charge in [0.1, 0.15) is 5.52 Å². The maximum Gasteiger partial charge on any atom is 0.293 e. The highest BCUT2D eigenvalue weighted by Crippen LogP contribution is 2.21. The average molecular weight is 344 g/mol. The number of aromatic amines is 1. The summed E-state index contributed by atoms with van der Waals surface area (Å²) in [5, 5.41) is 15.2. The summed E-state index contributed by atoms with van der Waals surface area (Å²) < 4.78 is 0. The Morgan fingerprint density at radius 1 is 1.12 bits per heavy atom. The van der Waals surface area contributed by atoms with Gasteiger partial charge < -0.3 is 10.3 Å². The predicted molar refractivity (Wildman–Crippen MR) is 93.2 cm³/mol. The first-order valence-electron chi connectivity index (χ1n) is 7.29. The van der Waals surface area contributed by atoms with Gasteiger partial charge in [0.25, 0.3) is 5.69 Å². The zero-order valence-electron chi connectivity index (χ0n) is 12.6. The lowest BCUT2D eigenvalue weighted by atomic mass is 10.1. The third kappa shape index (κ3) is 3.29. The molecule has 0 unspecified atom stereocenters. The normalized spacial score (nSPS) is 10.9. The molecule has 122 valence electrons. The van der Waals surface area contributed by atoms with Crippen molar-refractivity contribution in [2.24, 2.45) is 0 Å². The summed E-state index contributed by atoms with van der Waals surface area (Å²) in [6, 6.07) is 11.9. The first kappa shape index (κ1) is 16.2. The maximum absolute atomic E-state index is 12.5. The molecule has 1 aromatic heterocycles. The van der Waals surface area contributed by atoms with Crippen LogP contribution in [0.25, 0.3) is 10.9 Å². The van der Waals surface area contributed by atoms with Gasteiger partial charge in [0.2, 0.25) is 0 Å². The molecule has 1 heterocycles. The molecule has 3 rings (SSSR count). The van der Waals surface area contributed by atoms with E-state index in [4.69, 9.17) is 11.6 Å². The molecule has 0 bridgehead atoms. The Balaban J connectivity index is 1.80. The highest BCUT2D eigenvalue weighted by molar-refractivity contribution is 6.30. The smallest absolute Gasteiger partial charge is 0.293 e. The van der Waals surface area contributed by atoms with Gasteiger partial charge in [0.15, 0.2) is 5.43 Å². The SMILES string of the molecule is O=c1c(CNCc2ccc(Cl)cc2)c[nH]c2c([N+](=O)[O-])cccc12. The Morgan fingerprint density at radius 3 is 2.58 bits per heavy atom. The highest BCUT2D eigenvalue weighted by Gasteiger charge is 2.14. The van der Waals surface area contributed by atoms with Gasteiger partial charge >= 0.3 is 0 Å². The monoisotopic (exact) mass is 343 g/mol. The Labute approximate surface area is 142 Å². The van der Waals surface area contributed by atoms with Crippen LogP contribution < -0.4 is 10.7 Å². The lowest BCUT2D eigenvalue weighted by Crippen LogP contribution is -2.20. The van der Waals surface area contributed by atoms with E-state index in [1.165, 1.54) is 18.3 Å². The zero-order valence-corrected chi connectivity index (χ0v) is 13.3. The summed E-state index contributed by atoms with van der Waals surface area (Å²) in [6.45, 7) is 0.945. The van der Waals surface area contributed by atoms with E-state index in [1.807, 2.05) is 12.1 Å². The van der Waals surface area contributed by atoms with Gasteiger partial charge in [0, 0.05) is 35.9 Å². The molecule has 24 heavy (non-hydrogen) atoms. The Kier molecular flexibility index (Phi) is 4.59. The van der Waals surface area contributed by atoms with Crippen molar-refractivity contribution in [2.75, 3.05) is 0 Å². The van der Waals surface area contributed by atoms with Gasteiger partial charge in [-0.25, -0.2) is 0 Å². The van der Waals surface area contributed by atoms with E-state index in [0.29, 0.717) is 29.1 Å². The van der Waals surface area contributed by atoms with Gasteiger partial charge in [-0.3, -0.25) is 14.9 Å². The highest BCUT2D eigenvalue weighted by atomic mass is 35.5. The quantitative estimate of drug-likeness (QED) is 0.549. The fourth-order valence-corrected chi connectivity index (χ4v) is 2.63. The summed E-state index contributed by atoms with van der Waals surface area (Å²) in [4.78, 5) is 25.9. The van der Waals surface area contributed by atoms with Crippen molar-refractivity contribution < 1.29 is 4.92 Å². The second-order valence-electron chi connectivity index (χ2n) is 5.33. The Hall–Kier alpha value is -2.70. The number of nitrogens with zero attached hydrogens (tertiary/aromatic N) is 1. The van der Waals surface area contributed by atoms with Gasteiger partial charge in [-0.15, -0.1) is 0 Å². The number of nitro groups is 1. The van der Waals surface area contributed by atoms with Gasteiger partial charge in [-0.05, 0) is 23.8 Å². The molecule has 0 saturated carbocycles. The Morgan fingerprint density at radius 2 is 1.88 bits per heavy atom. The van der Waals surface area contributed by atoms with Crippen molar-refractivity contribution in [1.29, 1.82) is 0 Å². The number of benzene rings is 2. The number of H-pyrrole nitrogens is 1. The molecule has 2 N–H and O–H groups in total. The number of nitro benzene ring substituents is 1. The molecule has 0 aliphatic carbocycles. The molecule has 0 atom stereocenters. The van der Waals surface area contributed by atoms with Crippen LogP contribution in [0.15, 0.2) is 53.5 Å². The van der Waals surface area contributed by atoms with Crippen molar-refractivity contribution >= 4 is 28.2 Å². The largest absolute Gasteiger partial charge is 0.355 e. The minimum Gasteiger partial charge on any atom is -0.355 e. The third-order valence-corrected chi connectivity index (χ3v) is 3.98. The fraction of sp³-hybridized carbons (Fsp3) is 0.118. The number of aromatic nitrogens is 1. The van der Waals surface area contributed by atoms with Crippen molar-refractivity contribution in [2.45, 2.75) is 13.1 Å². The zero-order chi connectivity index (χ0) is 17.1. The lowest BCUT2D eigenvalue weighted by molar-refractivity contribution is -0.383. The molecule has 0 spiro atoms. The maximum atomic E-state index is 12.5. The summed E-state index contributed by atoms with van der Waals surface area (Å²) in [7, 11) is 0. The molecule has 0 aliphatic rings. The van der Waals surface area contributed by atoms with Crippen molar-refractivity contribution in [3.8, 4) is 0 Å².